The zero-order valence-electron chi connectivity index (χ0n) is 9.67. The molecule has 0 fully saturated rings. The molecule has 0 aliphatic carbocycles. The lowest BCUT2D eigenvalue weighted by atomic mass is 10.0. The molecule has 2 heterocycles. The lowest BCUT2D eigenvalue weighted by Gasteiger charge is -2.04. The molecule has 0 saturated heterocycles. The number of pyridine rings is 2. The highest BCUT2D eigenvalue weighted by atomic mass is 14.6. The van der Waals surface area contributed by atoms with Crippen LogP contribution in [0, 0.1) is 0 Å². The highest BCUT2D eigenvalue weighted by Gasteiger charge is 2.00. The maximum Gasteiger partial charge on any atom is 0.0346 e. The lowest BCUT2D eigenvalue weighted by Crippen LogP contribution is -1.80. The van der Waals surface area contributed by atoms with E-state index in [1.54, 1.807) is 0 Å². The van der Waals surface area contributed by atoms with Crippen LogP contribution in [0.15, 0.2) is 61.2 Å². The second kappa shape index (κ2) is 3.50. The molecule has 0 aliphatic heterocycles. The molecule has 84 valence electrons. The second-order valence-electron chi connectivity index (χ2n) is 4.50. The SMILES string of the molecule is c1cc2cc3cc4cnccc4cc3cc2cn1. The van der Waals surface area contributed by atoms with Gasteiger partial charge in [0.1, 0.15) is 0 Å². The average Bonchev–Trinajstić information content (AvgIpc) is 2.42. The molecule has 0 spiro atoms. The van der Waals surface area contributed by atoms with Crippen LogP contribution >= 0.6 is 0 Å². The monoisotopic (exact) mass is 230 g/mol. The highest BCUT2D eigenvalue weighted by molar-refractivity contribution is 6.04. The number of benzene rings is 2. The first kappa shape index (κ1) is 9.54. The fourth-order valence-electron chi connectivity index (χ4n) is 2.43. The Balaban J connectivity index is 2.20. The lowest BCUT2D eigenvalue weighted by molar-refractivity contribution is 1.36. The molecule has 4 rings (SSSR count). The molecule has 0 atom stereocenters. The Morgan fingerprint density at radius 1 is 0.500 bits per heavy atom. The van der Waals surface area contributed by atoms with Crippen LogP contribution in [0.1, 0.15) is 0 Å². The predicted molar refractivity (Wildman–Crippen MR) is 74.6 cm³/mol. The first-order chi connectivity index (χ1) is 8.90. The Kier molecular flexibility index (Phi) is 1.86. The molecule has 2 aromatic heterocycles. The highest BCUT2D eigenvalue weighted by Crippen LogP contribution is 2.26. The minimum atomic E-state index is 1.18. The summed E-state index contributed by atoms with van der Waals surface area (Å²) in [6.07, 6.45) is 7.48. The first-order valence-electron chi connectivity index (χ1n) is 5.91. The first-order valence-corrected chi connectivity index (χ1v) is 5.91. The fourth-order valence-corrected chi connectivity index (χ4v) is 2.43. The summed E-state index contributed by atoms with van der Waals surface area (Å²) in [6.45, 7) is 0. The van der Waals surface area contributed by atoms with Gasteiger partial charge in [-0.2, -0.15) is 0 Å². The van der Waals surface area contributed by atoms with E-state index in [0.29, 0.717) is 0 Å². The van der Waals surface area contributed by atoms with Gasteiger partial charge in [-0.3, -0.25) is 9.97 Å². The summed E-state index contributed by atoms with van der Waals surface area (Å²) in [5.41, 5.74) is 0. The molecule has 0 radical (unpaired) electrons. The van der Waals surface area contributed by atoms with Crippen molar-refractivity contribution in [1.29, 1.82) is 0 Å². The van der Waals surface area contributed by atoms with Crippen molar-refractivity contribution in [1.82, 2.24) is 9.97 Å². The normalized spacial score (nSPS) is 11.3. The Morgan fingerprint density at radius 2 is 0.944 bits per heavy atom. The Labute approximate surface area is 104 Å². The van der Waals surface area contributed by atoms with Gasteiger partial charge in [-0.1, -0.05) is 0 Å². The molecule has 0 bridgehead atoms. The van der Waals surface area contributed by atoms with Crippen molar-refractivity contribution in [3.8, 4) is 0 Å². The number of hydrogen-bond donors (Lipinski definition) is 0. The summed E-state index contributed by atoms with van der Waals surface area (Å²) in [5.74, 6) is 0. The topological polar surface area (TPSA) is 25.8 Å². The summed E-state index contributed by atoms with van der Waals surface area (Å²) in [4.78, 5) is 8.34. The van der Waals surface area contributed by atoms with Gasteiger partial charge in [0.25, 0.3) is 0 Å². The maximum atomic E-state index is 4.17. The molecular weight excluding hydrogens is 220 g/mol. The van der Waals surface area contributed by atoms with Crippen LogP contribution in [0.25, 0.3) is 32.3 Å². The molecule has 2 heteroatoms. The zero-order chi connectivity index (χ0) is 11.9. The minimum Gasteiger partial charge on any atom is -0.264 e. The summed E-state index contributed by atoms with van der Waals surface area (Å²) in [5, 5.41) is 7.29. The molecule has 0 aliphatic rings. The average molecular weight is 230 g/mol. The molecule has 4 aromatic rings. The van der Waals surface area contributed by atoms with E-state index >= 15 is 0 Å². The van der Waals surface area contributed by atoms with Crippen molar-refractivity contribution in [3.63, 3.8) is 0 Å². The van der Waals surface area contributed by atoms with E-state index in [0.717, 1.165) is 0 Å². The number of hydrogen-bond acceptors (Lipinski definition) is 2. The molecule has 0 amide bonds. The van der Waals surface area contributed by atoms with E-state index in [2.05, 4.69) is 34.2 Å². The van der Waals surface area contributed by atoms with Gasteiger partial charge >= 0.3 is 0 Å². The van der Waals surface area contributed by atoms with Crippen LogP contribution in [0.4, 0.5) is 0 Å². The quantitative estimate of drug-likeness (QED) is 0.428. The van der Waals surface area contributed by atoms with Gasteiger partial charge in [-0.15, -0.1) is 0 Å². The van der Waals surface area contributed by atoms with Crippen molar-refractivity contribution in [2.24, 2.45) is 0 Å². The summed E-state index contributed by atoms with van der Waals surface area (Å²) in [6, 6.07) is 12.9. The van der Waals surface area contributed by atoms with E-state index in [-0.39, 0.29) is 0 Å². The third-order valence-electron chi connectivity index (χ3n) is 3.35. The smallest absolute Gasteiger partial charge is 0.0346 e. The third kappa shape index (κ3) is 1.36. The van der Waals surface area contributed by atoms with Crippen LogP contribution in [0.2, 0.25) is 0 Å². The number of nitrogens with zero attached hydrogens (tertiary/aromatic N) is 2. The number of aromatic nitrogens is 2. The van der Waals surface area contributed by atoms with Crippen LogP contribution in [0.5, 0.6) is 0 Å². The minimum absolute atomic E-state index is 1.18. The summed E-state index contributed by atoms with van der Waals surface area (Å²) in [7, 11) is 0. The molecule has 2 nitrogen and oxygen atoms in total. The van der Waals surface area contributed by atoms with Crippen molar-refractivity contribution in [3.05, 3.63) is 61.2 Å². The third-order valence-corrected chi connectivity index (χ3v) is 3.35. The second-order valence-corrected chi connectivity index (χ2v) is 4.50. The molecule has 0 N–H and O–H groups in total. The molecule has 0 unspecified atom stereocenters. The van der Waals surface area contributed by atoms with Crippen molar-refractivity contribution in [2.75, 3.05) is 0 Å². The van der Waals surface area contributed by atoms with Crippen molar-refractivity contribution < 1.29 is 0 Å². The van der Waals surface area contributed by atoms with Gasteiger partial charge in [-0.05, 0) is 57.9 Å². The van der Waals surface area contributed by atoms with Crippen LogP contribution in [0.3, 0.4) is 0 Å². The van der Waals surface area contributed by atoms with E-state index in [4.69, 9.17) is 0 Å². The predicted octanol–water partition coefficient (Wildman–Crippen LogP) is 3.94. The van der Waals surface area contributed by atoms with Gasteiger partial charge in [0, 0.05) is 35.6 Å². The van der Waals surface area contributed by atoms with Gasteiger partial charge in [0.05, 0.1) is 0 Å². The molecular formula is C16H10N2. The van der Waals surface area contributed by atoms with Crippen molar-refractivity contribution in [2.45, 2.75) is 0 Å². The van der Waals surface area contributed by atoms with Crippen molar-refractivity contribution >= 4 is 32.3 Å². The Hall–Kier alpha value is -2.48. The van der Waals surface area contributed by atoms with Gasteiger partial charge in [0.2, 0.25) is 0 Å². The standard InChI is InChI=1S/C16H10N2/c1-3-17-9-15-7-14-6-12-2-4-18-10-16(12)8-13(14)5-11(1)15/h1-10H. The largest absolute Gasteiger partial charge is 0.264 e. The molecule has 0 saturated carbocycles. The molecule has 2 aromatic carbocycles. The Bertz CT molecular complexity index is 737. The maximum absolute atomic E-state index is 4.17. The van der Waals surface area contributed by atoms with Gasteiger partial charge in [0.15, 0.2) is 0 Å². The molecule has 18 heavy (non-hydrogen) atoms. The fraction of sp³-hybridized carbons (Fsp3) is 0. The van der Waals surface area contributed by atoms with E-state index in [1.807, 2.05) is 36.9 Å². The van der Waals surface area contributed by atoms with Crippen LogP contribution < -0.4 is 0 Å². The van der Waals surface area contributed by atoms with E-state index in [1.165, 1.54) is 32.3 Å². The van der Waals surface area contributed by atoms with Crippen LogP contribution in [-0.4, -0.2) is 9.97 Å². The van der Waals surface area contributed by atoms with Crippen LogP contribution in [-0.2, 0) is 0 Å². The summed E-state index contributed by atoms with van der Waals surface area (Å²) < 4.78 is 0. The van der Waals surface area contributed by atoms with E-state index in [9.17, 15) is 0 Å². The van der Waals surface area contributed by atoms with E-state index < -0.39 is 0 Å². The van der Waals surface area contributed by atoms with Gasteiger partial charge in [-0.25, -0.2) is 0 Å². The number of rotatable bonds is 0. The van der Waals surface area contributed by atoms with Gasteiger partial charge < -0.3 is 0 Å². The number of fused-ring (bicyclic) bond motifs is 3. The Morgan fingerprint density at radius 3 is 1.44 bits per heavy atom. The zero-order valence-corrected chi connectivity index (χ0v) is 9.67. The summed E-state index contributed by atoms with van der Waals surface area (Å²) >= 11 is 0.